The highest BCUT2D eigenvalue weighted by Gasteiger charge is 2.23. The Labute approximate surface area is 122 Å². The molecule has 1 aromatic heterocycles. The average Bonchev–Trinajstić information content (AvgIpc) is 2.84. The van der Waals surface area contributed by atoms with Crippen molar-refractivity contribution in [3.8, 4) is 0 Å². The maximum absolute atomic E-state index is 5.63. The Balaban J connectivity index is 1.87. The average molecular weight is 280 g/mol. The van der Waals surface area contributed by atoms with Gasteiger partial charge in [0.25, 0.3) is 6.01 Å². The quantitative estimate of drug-likeness (QED) is 0.915. The van der Waals surface area contributed by atoms with Gasteiger partial charge in [0.05, 0.1) is 5.69 Å². The van der Waals surface area contributed by atoms with Crippen molar-refractivity contribution in [2.75, 3.05) is 32.1 Å². The fourth-order valence-electron chi connectivity index (χ4n) is 2.45. The third-order valence-corrected chi connectivity index (χ3v) is 3.80. The van der Waals surface area contributed by atoms with Crippen LogP contribution < -0.4 is 10.2 Å². The molecule has 0 saturated carbocycles. The Hall–Kier alpha value is -1.07. The summed E-state index contributed by atoms with van der Waals surface area (Å²) in [6.45, 7) is 9.26. The summed E-state index contributed by atoms with van der Waals surface area (Å²) < 4.78 is 5.63. The zero-order chi connectivity index (χ0) is 14.8. The van der Waals surface area contributed by atoms with Gasteiger partial charge < -0.3 is 19.5 Å². The van der Waals surface area contributed by atoms with Crippen molar-refractivity contribution in [2.45, 2.75) is 51.7 Å². The first-order valence-electron chi connectivity index (χ1n) is 7.46. The number of nitrogens with zero attached hydrogens (tertiary/aromatic N) is 3. The lowest BCUT2D eigenvalue weighted by atomic mass is 10.0. The Kier molecular flexibility index (Phi) is 4.70. The molecule has 0 aliphatic carbocycles. The van der Waals surface area contributed by atoms with E-state index in [-0.39, 0.29) is 5.54 Å². The lowest BCUT2D eigenvalue weighted by Gasteiger charge is -2.34. The van der Waals surface area contributed by atoms with E-state index in [1.165, 1.54) is 12.8 Å². The lowest BCUT2D eigenvalue weighted by molar-refractivity contribution is 0.246. The van der Waals surface area contributed by atoms with Crippen molar-refractivity contribution in [3.05, 3.63) is 12.0 Å². The maximum Gasteiger partial charge on any atom is 0.297 e. The predicted molar refractivity (Wildman–Crippen MR) is 82.0 cm³/mol. The first-order chi connectivity index (χ1) is 9.35. The molecular formula is C15H28N4O. The summed E-state index contributed by atoms with van der Waals surface area (Å²) in [4.78, 5) is 9.15. The Morgan fingerprint density at radius 2 is 2.00 bits per heavy atom. The summed E-state index contributed by atoms with van der Waals surface area (Å²) in [6.07, 6.45) is 4.11. The number of piperidine rings is 1. The molecule has 1 aromatic rings. The van der Waals surface area contributed by atoms with Gasteiger partial charge in [-0.3, -0.25) is 0 Å². The van der Waals surface area contributed by atoms with Crippen LogP contribution in [0, 0.1) is 0 Å². The summed E-state index contributed by atoms with van der Waals surface area (Å²) in [5.41, 5.74) is 1.08. The van der Waals surface area contributed by atoms with Crippen LogP contribution in [0.15, 0.2) is 10.7 Å². The van der Waals surface area contributed by atoms with Crippen LogP contribution in [0.1, 0.15) is 39.3 Å². The van der Waals surface area contributed by atoms with Crippen molar-refractivity contribution in [3.63, 3.8) is 0 Å². The molecule has 2 rings (SSSR count). The van der Waals surface area contributed by atoms with E-state index in [2.05, 4.69) is 55.0 Å². The van der Waals surface area contributed by atoms with Gasteiger partial charge in [-0.15, -0.1) is 0 Å². The van der Waals surface area contributed by atoms with Crippen LogP contribution in [0.4, 0.5) is 6.01 Å². The standard InChI is InChI=1S/C15H28N4O/c1-15(2,3)16-10-12-11-20-14(17-12)19-8-6-13(7-9-19)18(4)5/h11,13,16H,6-10H2,1-5H3. The summed E-state index contributed by atoms with van der Waals surface area (Å²) in [5.74, 6) is 0. The third kappa shape index (κ3) is 4.21. The van der Waals surface area contributed by atoms with Crippen LogP contribution in [-0.4, -0.2) is 48.6 Å². The van der Waals surface area contributed by atoms with Crippen LogP contribution >= 0.6 is 0 Å². The first-order valence-corrected chi connectivity index (χ1v) is 7.46. The molecule has 1 aliphatic rings. The van der Waals surface area contributed by atoms with Crippen LogP contribution in [-0.2, 0) is 6.54 Å². The van der Waals surface area contributed by atoms with Crippen molar-refractivity contribution in [1.82, 2.24) is 15.2 Å². The number of anilines is 1. The second-order valence-electron chi connectivity index (χ2n) is 6.91. The molecule has 0 spiro atoms. The molecule has 114 valence electrons. The third-order valence-electron chi connectivity index (χ3n) is 3.80. The van der Waals surface area contributed by atoms with Gasteiger partial charge in [-0.1, -0.05) is 0 Å². The molecule has 5 nitrogen and oxygen atoms in total. The second kappa shape index (κ2) is 6.14. The van der Waals surface area contributed by atoms with E-state index in [0.717, 1.165) is 31.3 Å². The van der Waals surface area contributed by atoms with Gasteiger partial charge in [-0.25, -0.2) is 0 Å². The van der Waals surface area contributed by atoms with Gasteiger partial charge in [0.2, 0.25) is 0 Å². The Morgan fingerprint density at radius 1 is 1.35 bits per heavy atom. The van der Waals surface area contributed by atoms with Gasteiger partial charge in [0.15, 0.2) is 0 Å². The van der Waals surface area contributed by atoms with Gasteiger partial charge in [-0.2, -0.15) is 4.98 Å². The second-order valence-corrected chi connectivity index (χ2v) is 6.91. The molecule has 1 saturated heterocycles. The smallest absolute Gasteiger partial charge is 0.297 e. The van der Waals surface area contributed by atoms with E-state index in [1.807, 2.05) is 0 Å². The molecule has 0 atom stereocenters. The van der Waals surface area contributed by atoms with E-state index in [0.29, 0.717) is 6.04 Å². The number of hydrogen-bond acceptors (Lipinski definition) is 5. The molecule has 1 aliphatic heterocycles. The first kappa shape index (κ1) is 15.3. The highest BCUT2D eigenvalue weighted by Crippen LogP contribution is 2.21. The van der Waals surface area contributed by atoms with Crippen LogP contribution in [0.2, 0.25) is 0 Å². The van der Waals surface area contributed by atoms with Crippen molar-refractivity contribution >= 4 is 6.01 Å². The van der Waals surface area contributed by atoms with E-state index in [1.54, 1.807) is 6.26 Å². The van der Waals surface area contributed by atoms with E-state index in [4.69, 9.17) is 4.42 Å². The lowest BCUT2D eigenvalue weighted by Crippen LogP contribution is -2.42. The highest BCUT2D eigenvalue weighted by molar-refractivity contribution is 5.28. The SMILES string of the molecule is CN(C)C1CCN(c2nc(CNC(C)(C)C)co2)CC1. The predicted octanol–water partition coefficient (Wildman–Crippen LogP) is 2.09. The number of rotatable bonds is 4. The molecule has 0 bridgehead atoms. The summed E-state index contributed by atoms with van der Waals surface area (Å²) in [5, 5.41) is 3.43. The number of nitrogens with one attached hydrogen (secondary N) is 1. The van der Waals surface area contributed by atoms with E-state index in [9.17, 15) is 0 Å². The number of hydrogen-bond donors (Lipinski definition) is 1. The topological polar surface area (TPSA) is 44.5 Å². The molecule has 1 N–H and O–H groups in total. The molecule has 0 unspecified atom stereocenters. The Bertz CT molecular complexity index is 414. The van der Waals surface area contributed by atoms with E-state index < -0.39 is 0 Å². The van der Waals surface area contributed by atoms with Gasteiger partial charge in [-0.05, 0) is 47.7 Å². The van der Waals surface area contributed by atoms with Crippen molar-refractivity contribution in [1.29, 1.82) is 0 Å². The minimum absolute atomic E-state index is 0.100. The van der Waals surface area contributed by atoms with Gasteiger partial charge in [0, 0.05) is 31.2 Å². The fourth-order valence-corrected chi connectivity index (χ4v) is 2.45. The molecule has 1 fully saturated rings. The molecule has 5 heteroatoms. The largest absolute Gasteiger partial charge is 0.432 e. The zero-order valence-electron chi connectivity index (χ0n) is 13.4. The van der Waals surface area contributed by atoms with Crippen molar-refractivity contribution < 1.29 is 4.42 Å². The maximum atomic E-state index is 5.63. The zero-order valence-corrected chi connectivity index (χ0v) is 13.4. The van der Waals surface area contributed by atoms with Crippen LogP contribution in [0.25, 0.3) is 0 Å². The minimum atomic E-state index is 0.100. The molecule has 0 radical (unpaired) electrons. The Morgan fingerprint density at radius 3 is 2.55 bits per heavy atom. The molecular weight excluding hydrogens is 252 g/mol. The summed E-state index contributed by atoms with van der Waals surface area (Å²) in [7, 11) is 4.31. The van der Waals surface area contributed by atoms with Gasteiger partial charge >= 0.3 is 0 Å². The van der Waals surface area contributed by atoms with Gasteiger partial charge in [0.1, 0.15) is 6.26 Å². The summed E-state index contributed by atoms with van der Waals surface area (Å²) in [6, 6.07) is 1.45. The minimum Gasteiger partial charge on any atom is -0.432 e. The van der Waals surface area contributed by atoms with Crippen LogP contribution in [0.3, 0.4) is 0 Å². The molecule has 0 amide bonds. The normalized spacial score (nSPS) is 18.0. The number of aromatic nitrogens is 1. The molecule has 20 heavy (non-hydrogen) atoms. The molecule has 0 aromatic carbocycles. The number of oxazole rings is 1. The molecule has 2 heterocycles. The monoisotopic (exact) mass is 280 g/mol. The summed E-state index contributed by atoms with van der Waals surface area (Å²) >= 11 is 0. The highest BCUT2D eigenvalue weighted by atomic mass is 16.4. The van der Waals surface area contributed by atoms with E-state index >= 15 is 0 Å². The van der Waals surface area contributed by atoms with Crippen molar-refractivity contribution in [2.24, 2.45) is 0 Å². The fraction of sp³-hybridized carbons (Fsp3) is 0.800. The van der Waals surface area contributed by atoms with Crippen LogP contribution in [0.5, 0.6) is 0 Å².